The van der Waals surface area contributed by atoms with Crippen LogP contribution in [0.2, 0.25) is 0 Å². The van der Waals surface area contributed by atoms with Gasteiger partial charge < -0.3 is 20.3 Å². The first-order valence-corrected chi connectivity index (χ1v) is 8.46. The molecule has 6 heteroatoms. The molecule has 1 unspecified atom stereocenters. The Bertz CT molecular complexity index is 526. The van der Waals surface area contributed by atoms with Crippen LogP contribution in [0.4, 0.5) is 0 Å². The van der Waals surface area contributed by atoms with Gasteiger partial charge in [0.25, 0.3) is 0 Å². The van der Waals surface area contributed by atoms with Crippen molar-refractivity contribution in [1.82, 2.24) is 15.5 Å². The maximum atomic E-state index is 5.58. The summed E-state index contributed by atoms with van der Waals surface area (Å²) in [7, 11) is 7.71. The average molecular weight is 462 g/mol. The topological polar surface area (TPSA) is 48.9 Å². The predicted octanol–water partition coefficient (Wildman–Crippen LogP) is 3.09. The van der Waals surface area contributed by atoms with Crippen LogP contribution in [0.3, 0.4) is 0 Å². The van der Waals surface area contributed by atoms with Crippen molar-refractivity contribution in [2.24, 2.45) is 10.4 Å². The van der Waals surface area contributed by atoms with Gasteiger partial charge in [0, 0.05) is 33.8 Å². The molecule has 5 nitrogen and oxygen atoms in total. The van der Waals surface area contributed by atoms with E-state index in [1.165, 1.54) is 11.1 Å². The molecule has 0 aliphatic carbocycles. The molecule has 0 aliphatic heterocycles. The molecule has 0 spiro atoms. The summed E-state index contributed by atoms with van der Waals surface area (Å²) < 4.78 is 5.58. The maximum absolute atomic E-state index is 5.58. The Morgan fingerprint density at radius 1 is 1.20 bits per heavy atom. The van der Waals surface area contributed by atoms with Gasteiger partial charge in [-0.05, 0) is 30.6 Å². The summed E-state index contributed by atoms with van der Waals surface area (Å²) in [5.41, 5.74) is 2.65. The number of nitrogens with one attached hydrogen (secondary N) is 2. The molecular weight excluding hydrogens is 427 g/mol. The van der Waals surface area contributed by atoms with Gasteiger partial charge in [-0.25, -0.2) is 0 Å². The summed E-state index contributed by atoms with van der Waals surface area (Å²) >= 11 is 0. The molecule has 0 saturated heterocycles. The largest absolute Gasteiger partial charge is 0.379 e. The van der Waals surface area contributed by atoms with E-state index in [2.05, 4.69) is 79.7 Å². The molecule has 1 aromatic carbocycles. The number of halogens is 1. The number of methoxy groups -OCH3 is 1. The number of ether oxygens (including phenoxy) is 1. The van der Waals surface area contributed by atoms with E-state index < -0.39 is 0 Å². The Morgan fingerprint density at radius 3 is 2.36 bits per heavy atom. The van der Waals surface area contributed by atoms with Gasteiger partial charge >= 0.3 is 0 Å². The highest BCUT2D eigenvalue weighted by Crippen LogP contribution is 2.20. The zero-order valence-electron chi connectivity index (χ0n) is 16.7. The Labute approximate surface area is 170 Å². The Kier molecular flexibility index (Phi) is 11.3. The lowest BCUT2D eigenvalue weighted by Gasteiger charge is -2.30. The van der Waals surface area contributed by atoms with Crippen molar-refractivity contribution in [2.75, 3.05) is 34.8 Å². The van der Waals surface area contributed by atoms with Crippen LogP contribution in [0.5, 0.6) is 0 Å². The molecule has 0 fully saturated rings. The summed E-state index contributed by atoms with van der Waals surface area (Å²) in [6, 6.07) is 8.62. The number of nitrogens with zero attached hydrogens (tertiary/aromatic N) is 2. The predicted molar refractivity (Wildman–Crippen MR) is 118 cm³/mol. The monoisotopic (exact) mass is 462 g/mol. The van der Waals surface area contributed by atoms with Gasteiger partial charge in [-0.15, -0.1) is 24.0 Å². The lowest BCUT2D eigenvalue weighted by molar-refractivity contribution is 0.0205. The second-order valence-corrected chi connectivity index (χ2v) is 7.45. The SMILES string of the molecule is CN=C(NCc1cccc(CN(C)C)c1)NCC(OC)C(C)(C)C.I. The minimum atomic E-state index is 0. The summed E-state index contributed by atoms with van der Waals surface area (Å²) in [4.78, 5) is 6.46. The third-order valence-electron chi connectivity index (χ3n) is 3.88. The molecule has 1 aromatic rings. The number of hydrogen-bond acceptors (Lipinski definition) is 3. The quantitative estimate of drug-likeness (QED) is 0.372. The van der Waals surface area contributed by atoms with Gasteiger partial charge in [0.15, 0.2) is 5.96 Å². The van der Waals surface area contributed by atoms with Crippen LogP contribution in [0, 0.1) is 5.41 Å². The third kappa shape index (κ3) is 9.42. The molecule has 144 valence electrons. The first-order valence-electron chi connectivity index (χ1n) is 8.46. The van der Waals surface area contributed by atoms with E-state index in [9.17, 15) is 0 Å². The van der Waals surface area contributed by atoms with Crippen molar-refractivity contribution >= 4 is 29.9 Å². The molecular formula is C19H35IN4O. The summed E-state index contributed by atoms with van der Waals surface area (Å²) in [5.74, 6) is 0.791. The van der Waals surface area contributed by atoms with Gasteiger partial charge in [0.05, 0.1) is 6.10 Å². The smallest absolute Gasteiger partial charge is 0.191 e. The maximum Gasteiger partial charge on any atom is 0.191 e. The first-order chi connectivity index (χ1) is 11.3. The molecule has 0 bridgehead atoms. The minimum absolute atomic E-state index is 0. The molecule has 0 heterocycles. The average Bonchev–Trinajstić information content (AvgIpc) is 2.49. The highest BCUT2D eigenvalue weighted by molar-refractivity contribution is 14.0. The molecule has 1 rings (SSSR count). The number of rotatable bonds is 7. The van der Waals surface area contributed by atoms with Crippen LogP contribution in [-0.2, 0) is 17.8 Å². The fourth-order valence-electron chi connectivity index (χ4n) is 2.54. The van der Waals surface area contributed by atoms with Crippen LogP contribution < -0.4 is 10.6 Å². The fourth-order valence-corrected chi connectivity index (χ4v) is 2.54. The first kappa shape index (κ1) is 24.1. The molecule has 2 N–H and O–H groups in total. The molecule has 0 saturated carbocycles. The Hall–Kier alpha value is -0.860. The fraction of sp³-hybridized carbons (Fsp3) is 0.632. The van der Waals surface area contributed by atoms with E-state index in [-0.39, 0.29) is 35.5 Å². The normalized spacial score (nSPS) is 13.4. The van der Waals surface area contributed by atoms with Crippen molar-refractivity contribution in [3.8, 4) is 0 Å². The van der Waals surface area contributed by atoms with E-state index in [1.807, 2.05) is 0 Å². The molecule has 0 aromatic heterocycles. The highest BCUT2D eigenvalue weighted by Gasteiger charge is 2.24. The molecule has 0 aliphatic rings. The lowest BCUT2D eigenvalue weighted by Crippen LogP contribution is -2.45. The molecule has 1 atom stereocenters. The number of hydrogen-bond donors (Lipinski definition) is 2. The third-order valence-corrected chi connectivity index (χ3v) is 3.88. The van der Waals surface area contributed by atoms with E-state index in [1.54, 1.807) is 14.2 Å². The lowest BCUT2D eigenvalue weighted by atomic mass is 9.89. The summed E-state index contributed by atoms with van der Waals surface area (Å²) in [6.45, 7) is 8.94. The zero-order valence-corrected chi connectivity index (χ0v) is 19.0. The van der Waals surface area contributed by atoms with Gasteiger partial charge in [0.2, 0.25) is 0 Å². The van der Waals surface area contributed by atoms with Crippen LogP contribution in [0.1, 0.15) is 31.9 Å². The van der Waals surface area contributed by atoms with Gasteiger partial charge in [-0.3, -0.25) is 4.99 Å². The van der Waals surface area contributed by atoms with Gasteiger partial charge in [-0.1, -0.05) is 45.0 Å². The second-order valence-electron chi connectivity index (χ2n) is 7.45. The standard InChI is InChI=1S/C19H34N4O.HI/c1-19(2,3)17(24-7)13-22-18(20-4)21-12-15-9-8-10-16(11-15)14-23(5)6;/h8-11,17H,12-14H2,1-7H3,(H2,20,21,22);1H. The molecule has 0 amide bonds. The molecule has 0 radical (unpaired) electrons. The van der Waals surface area contributed by atoms with Gasteiger partial charge in [-0.2, -0.15) is 0 Å². The van der Waals surface area contributed by atoms with Crippen molar-refractivity contribution in [2.45, 2.75) is 40.0 Å². The van der Waals surface area contributed by atoms with E-state index in [0.717, 1.165) is 25.6 Å². The Balaban J connectivity index is 0.00000576. The highest BCUT2D eigenvalue weighted by atomic mass is 127. The van der Waals surface area contributed by atoms with Crippen LogP contribution in [0.25, 0.3) is 0 Å². The van der Waals surface area contributed by atoms with E-state index >= 15 is 0 Å². The summed E-state index contributed by atoms with van der Waals surface area (Å²) in [6.07, 6.45) is 0.125. The summed E-state index contributed by atoms with van der Waals surface area (Å²) in [5, 5.41) is 6.72. The van der Waals surface area contributed by atoms with Crippen molar-refractivity contribution in [3.63, 3.8) is 0 Å². The second kappa shape index (κ2) is 11.7. The van der Waals surface area contributed by atoms with Crippen LogP contribution in [0.15, 0.2) is 29.3 Å². The zero-order chi connectivity index (χ0) is 18.2. The number of guanidine groups is 1. The number of aliphatic imine (C=N–C) groups is 1. The minimum Gasteiger partial charge on any atom is -0.379 e. The molecule has 25 heavy (non-hydrogen) atoms. The van der Waals surface area contributed by atoms with E-state index in [0.29, 0.717) is 0 Å². The Morgan fingerprint density at radius 2 is 1.84 bits per heavy atom. The van der Waals surface area contributed by atoms with Gasteiger partial charge in [0.1, 0.15) is 0 Å². The van der Waals surface area contributed by atoms with Crippen molar-refractivity contribution in [1.29, 1.82) is 0 Å². The van der Waals surface area contributed by atoms with Crippen LogP contribution in [-0.4, -0.2) is 51.8 Å². The van der Waals surface area contributed by atoms with Crippen molar-refractivity contribution in [3.05, 3.63) is 35.4 Å². The van der Waals surface area contributed by atoms with E-state index in [4.69, 9.17) is 4.74 Å². The van der Waals surface area contributed by atoms with Crippen LogP contribution >= 0.6 is 24.0 Å². The van der Waals surface area contributed by atoms with Crippen molar-refractivity contribution < 1.29 is 4.74 Å². The number of benzene rings is 1.